The van der Waals surface area contributed by atoms with Crippen molar-refractivity contribution in [2.24, 2.45) is 5.41 Å². The van der Waals surface area contributed by atoms with Crippen molar-refractivity contribution in [2.75, 3.05) is 32.7 Å². The van der Waals surface area contributed by atoms with Gasteiger partial charge in [0, 0.05) is 37.2 Å². The van der Waals surface area contributed by atoms with Gasteiger partial charge in [-0.15, -0.1) is 0 Å². The molecule has 0 spiro atoms. The molecule has 3 rings (SSSR count). The largest absolute Gasteiger partial charge is 0.345 e. The number of ketones is 1. The second kappa shape index (κ2) is 6.36. The Kier molecular flexibility index (Phi) is 4.41. The number of carbonyl (C=O) groups excluding carboxylic acids is 2. The molecule has 1 N–H and O–H groups in total. The van der Waals surface area contributed by atoms with Gasteiger partial charge >= 0.3 is 0 Å². The van der Waals surface area contributed by atoms with Crippen molar-refractivity contribution in [1.29, 1.82) is 0 Å². The highest BCUT2D eigenvalue weighted by Gasteiger charge is 2.27. The number of nitrogens with zero attached hydrogens (tertiary/aromatic N) is 3. The summed E-state index contributed by atoms with van der Waals surface area (Å²) in [6, 6.07) is 5.53. The third-order valence-corrected chi connectivity index (χ3v) is 4.53. The Hall–Kier alpha value is -2.21. The summed E-state index contributed by atoms with van der Waals surface area (Å²) in [7, 11) is 0. The maximum Gasteiger partial charge on any atom is 0.254 e. The van der Waals surface area contributed by atoms with E-state index in [0.29, 0.717) is 25.2 Å². The molecule has 1 fully saturated rings. The smallest absolute Gasteiger partial charge is 0.254 e. The number of Topliss-reactive ketones (excluding diaryl/α,β-unsaturated/α-hetero) is 1. The molecule has 0 radical (unpaired) electrons. The van der Waals surface area contributed by atoms with E-state index in [-0.39, 0.29) is 17.1 Å². The summed E-state index contributed by atoms with van der Waals surface area (Å²) in [5.41, 5.74) is 2.09. The van der Waals surface area contributed by atoms with E-state index >= 15 is 0 Å². The molecule has 1 saturated heterocycles. The van der Waals surface area contributed by atoms with Crippen molar-refractivity contribution in [3.8, 4) is 0 Å². The number of aromatic amines is 1. The highest BCUT2D eigenvalue weighted by molar-refractivity contribution is 5.97. The first-order chi connectivity index (χ1) is 11.3. The van der Waals surface area contributed by atoms with Gasteiger partial charge in [0.05, 0.1) is 23.9 Å². The lowest BCUT2D eigenvalue weighted by Crippen LogP contribution is -2.50. The van der Waals surface area contributed by atoms with Crippen molar-refractivity contribution < 1.29 is 9.59 Å². The van der Waals surface area contributed by atoms with Crippen molar-refractivity contribution in [2.45, 2.75) is 20.8 Å². The summed E-state index contributed by atoms with van der Waals surface area (Å²) >= 11 is 0. The first-order valence-electron chi connectivity index (χ1n) is 8.33. The number of hydrogen-bond donors (Lipinski definition) is 1. The molecule has 0 atom stereocenters. The van der Waals surface area contributed by atoms with Crippen molar-refractivity contribution >= 4 is 22.7 Å². The maximum absolute atomic E-state index is 12.7. The van der Waals surface area contributed by atoms with Crippen LogP contribution in [0.15, 0.2) is 24.5 Å². The molecule has 6 nitrogen and oxygen atoms in total. The Labute approximate surface area is 141 Å². The first-order valence-corrected chi connectivity index (χ1v) is 8.33. The molecule has 0 aliphatic carbocycles. The summed E-state index contributed by atoms with van der Waals surface area (Å²) < 4.78 is 0. The third-order valence-electron chi connectivity index (χ3n) is 4.53. The molecule has 6 heteroatoms. The maximum atomic E-state index is 12.7. The van der Waals surface area contributed by atoms with Crippen molar-refractivity contribution in [3.63, 3.8) is 0 Å². The van der Waals surface area contributed by atoms with Gasteiger partial charge in [-0.25, -0.2) is 4.98 Å². The Bertz CT molecular complexity index is 752. The van der Waals surface area contributed by atoms with Gasteiger partial charge < -0.3 is 9.88 Å². The molecular weight excluding hydrogens is 304 g/mol. The van der Waals surface area contributed by atoms with Gasteiger partial charge in [-0.2, -0.15) is 0 Å². The number of nitrogens with one attached hydrogen (secondary N) is 1. The number of amides is 1. The van der Waals surface area contributed by atoms with Gasteiger partial charge in [0.1, 0.15) is 0 Å². The average Bonchev–Trinajstić information content (AvgIpc) is 3.01. The van der Waals surface area contributed by atoms with Crippen LogP contribution in [0.4, 0.5) is 0 Å². The fourth-order valence-electron chi connectivity index (χ4n) is 2.80. The highest BCUT2D eigenvalue weighted by atomic mass is 16.2. The minimum Gasteiger partial charge on any atom is -0.345 e. The molecule has 1 aromatic carbocycles. The Morgan fingerprint density at radius 1 is 1.17 bits per heavy atom. The van der Waals surface area contributed by atoms with Crippen LogP contribution in [-0.2, 0) is 4.79 Å². The van der Waals surface area contributed by atoms with E-state index in [4.69, 9.17) is 0 Å². The van der Waals surface area contributed by atoms with Gasteiger partial charge in [-0.3, -0.25) is 14.5 Å². The molecule has 24 heavy (non-hydrogen) atoms. The Morgan fingerprint density at radius 2 is 1.88 bits per heavy atom. The van der Waals surface area contributed by atoms with E-state index < -0.39 is 0 Å². The van der Waals surface area contributed by atoms with E-state index in [1.807, 2.05) is 43.9 Å². The topological polar surface area (TPSA) is 69.3 Å². The fourth-order valence-corrected chi connectivity index (χ4v) is 2.80. The molecule has 2 aromatic rings. The number of hydrogen-bond acceptors (Lipinski definition) is 4. The van der Waals surface area contributed by atoms with Crippen LogP contribution >= 0.6 is 0 Å². The molecule has 0 saturated carbocycles. The third kappa shape index (κ3) is 3.48. The highest BCUT2D eigenvalue weighted by Crippen LogP contribution is 2.17. The monoisotopic (exact) mass is 328 g/mol. The zero-order valence-electron chi connectivity index (χ0n) is 14.5. The van der Waals surface area contributed by atoms with E-state index in [2.05, 4.69) is 14.9 Å². The van der Waals surface area contributed by atoms with Crippen LogP contribution in [0, 0.1) is 5.41 Å². The lowest BCUT2D eigenvalue weighted by atomic mass is 9.90. The molecule has 0 bridgehead atoms. The summed E-state index contributed by atoms with van der Waals surface area (Å²) in [4.78, 5) is 36.0. The number of aromatic nitrogens is 2. The minimum atomic E-state index is -0.313. The summed E-state index contributed by atoms with van der Waals surface area (Å²) in [5.74, 6) is 0.278. The fraction of sp³-hybridized carbons (Fsp3) is 0.500. The lowest BCUT2D eigenvalue weighted by molar-refractivity contribution is -0.127. The van der Waals surface area contributed by atoms with Gasteiger partial charge in [-0.1, -0.05) is 20.8 Å². The van der Waals surface area contributed by atoms with Crippen molar-refractivity contribution in [3.05, 3.63) is 30.1 Å². The molecule has 1 aliphatic rings. The normalized spacial score (nSPS) is 16.5. The van der Waals surface area contributed by atoms with Crippen LogP contribution in [0.2, 0.25) is 0 Å². The van der Waals surface area contributed by atoms with Crippen LogP contribution in [0.3, 0.4) is 0 Å². The van der Waals surface area contributed by atoms with Crippen LogP contribution in [0.1, 0.15) is 31.1 Å². The van der Waals surface area contributed by atoms with Crippen LogP contribution in [-0.4, -0.2) is 64.2 Å². The summed E-state index contributed by atoms with van der Waals surface area (Å²) in [5, 5.41) is 0. The predicted octanol–water partition coefficient (Wildman–Crippen LogP) is 1.94. The number of piperazine rings is 1. The van der Waals surface area contributed by atoms with Crippen molar-refractivity contribution in [1.82, 2.24) is 19.8 Å². The van der Waals surface area contributed by atoms with Crippen LogP contribution in [0.25, 0.3) is 11.0 Å². The molecule has 2 heterocycles. The average molecular weight is 328 g/mol. The lowest BCUT2D eigenvalue weighted by Gasteiger charge is -2.35. The number of benzene rings is 1. The first kappa shape index (κ1) is 16.6. The van der Waals surface area contributed by atoms with E-state index in [1.165, 1.54) is 0 Å². The second-order valence-electron chi connectivity index (χ2n) is 7.38. The molecule has 1 aromatic heterocycles. The Morgan fingerprint density at radius 3 is 2.54 bits per heavy atom. The van der Waals surface area contributed by atoms with Crippen LogP contribution < -0.4 is 0 Å². The predicted molar refractivity (Wildman–Crippen MR) is 92.9 cm³/mol. The van der Waals surface area contributed by atoms with E-state index in [1.54, 1.807) is 6.33 Å². The molecule has 0 unspecified atom stereocenters. The van der Waals surface area contributed by atoms with E-state index in [0.717, 1.165) is 24.1 Å². The Balaban J connectivity index is 1.60. The quantitative estimate of drug-likeness (QED) is 0.935. The van der Waals surface area contributed by atoms with Crippen LogP contribution in [0.5, 0.6) is 0 Å². The SMILES string of the molecule is CC(C)(C)C(=O)CN1CCN(C(=O)c2ccc3nc[nH]c3c2)CC1. The van der Waals surface area contributed by atoms with E-state index in [9.17, 15) is 9.59 Å². The second-order valence-corrected chi connectivity index (χ2v) is 7.38. The zero-order chi connectivity index (χ0) is 17.3. The molecular formula is C18H24N4O2. The summed E-state index contributed by atoms with van der Waals surface area (Å²) in [6.45, 7) is 9.07. The standard InChI is InChI=1S/C18H24N4O2/c1-18(2,3)16(23)11-21-6-8-22(9-7-21)17(24)13-4-5-14-15(10-13)20-12-19-14/h4-5,10,12H,6-9,11H2,1-3H3,(H,19,20). The van der Waals surface area contributed by atoms with Gasteiger partial charge in [0.2, 0.25) is 0 Å². The number of rotatable bonds is 3. The minimum absolute atomic E-state index is 0.0355. The number of H-pyrrole nitrogens is 1. The summed E-state index contributed by atoms with van der Waals surface area (Å²) in [6.07, 6.45) is 1.63. The molecule has 1 amide bonds. The molecule has 128 valence electrons. The number of carbonyl (C=O) groups is 2. The number of imidazole rings is 1. The van der Waals surface area contributed by atoms with Gasteiger partial charge in [-0.05, 0) is 18.2 Å². The zero-order valence-corrected chi connectivity index (χ0v) is 14.5. The van der Waals surface area contributed by atoms with Gasteiger partial charge in [0.25, 0.3) is 5.91 Å². The molecule has 1 aliphatic heterocycles. The number of fused-ring (bicyclic) bond motifs is 1. The van der Waals surface area contributed by atoms with Gasteiger partial charge in [0.15, 0.2) is 5.78 Å².